The van der Waals surface area contributed by atoms with Crippen molar-refractivity contribution in [2.24, 2.45) is 0 Å². The maximum absolute atomic E-state index is 13.1. The molecule has 0 radical (unpaired) electrons. The first-order chi connectivity index (χ1) is 12.6. The molecule has 1 aliphatic heterocycles. The Morgan fingerprint density at radius 1 is 1.23 bits per heavy atom. The van der Waals surface area contributed by atoms with Gasteiger partial charge in [-0.15, -0.1) is 11.3 Å². The van der Waals surface area contributed by atoms with Crippen molar-refractivity contribution in [3.05, 3.63) is 70.5 Å². The molecule has 3 aromatic rings. The van der Waals surface area contributed by atoms with Crippen LogP contribution in [0.4, 0.5) is 4.39 Å². The molecule has 0 aliphatic carbocycles. The van der Waals surface area contributed by atoms with E-state index in [1.807, 2.05) is 24.3 Å². The van der Waals surface area contributed by atoms with Gasteiger partial charge in [0.2, 0.25) is 0 Å². The monoisotopic (exact) mass is 368 g/mol. The van der Waals surface area contributed by atoms with Crippen LogP contribution >= 0.6 is 11.3 Å². The molecule has 0 spiro atoms. The van der Waals surface area contributed by atoms with Crippen molar-refractivity contribution in [3.63, 3.8) is 0 Å². The van der Waals surface area contributed by atoms with Crippen molar-refractivity contribution in [2.75, 3.05) is 13.7 Å². The summed E-state index contributed by atoms with van der Waals surface area (Å²) in [6.45, 7) is 1.15. The van der Waals surface area contributed by atoms with Gasteiger partial charge in [-0.25, -0.2) is 9.37 Å². The Morgan fingerprint density at radius 3 is 2.81 bits per heavy atom. The van der Waals surface area contributed by atoms with Gasteiger partial charge >= 0.3 is 0 Å². The van der Waals surface area contributed by atoms with E-state index in [1.54, 1.807) is 23.3 Å². The maximum Gasteiger partial charge on any atom is 0.254 e. The number of ether oxygens (including phenoxy) is 1. The summed E-state index contributed by atoms with van der Waals surface area (Å²) >= 11 is 1.61. The predicted molar refractivity (Wildman–Crippen MR) is 98.9 cm³/mol. The molecule has 1 amide bonds. The van der Waals surface area contributed by atoms with Gasteiger partial charge in [0.1, 0.15) is 16.6 Å². The van der Waals surface area contributed by atoms with Gasteiger partial charge < -0.3 is 9.64 Å². The minimum Gasteiger partial charge on any atom is -0.497 e. The number of hydrogen-bond donors (Lipinski definition) is 0. The third kappa shape index (κ3) is 3.20. The van der Waals surface area contributed by atoms with Crippen molar-refractivity contribution < 1.29 is 13.9 Å². The van der Waals surface area contributed by atoms with Crippen molar-refractivity contribution in [3.8, 4) is 16.3 Å². The number of thiazole rings is 1. The van der Waals surface area contributed by atoms with Crippen LogP contribution < -0.4 is 4.74 Å². The van der Waals surface area contributed by atoms with Crippen LogP contribution in [0.25, 0.3) is 10.6 Å². The molecule has 0 unspecified atom stereocenters. The summed E-state index contributed by atoms with van der Waals surface area (Å²) in [5.41, 5.74) is 2.57. The van der Waals surface area contributed by atoms with Crippen LogP contribution in [-0.2, 0) is 13.0 Å². The predicted octanol–water partition coefficient (Wildman–Crippen LogP) is 4.16. The van der Waals surface area contributed by atoms with E-state index in [0.29, 0.717) is 18.7 Å². The van der Waals surface area contributed by atoms with Crippen molar-refractivity contribution in [1.82, 2.24) is 9.88 Å². The molecule has 1 aromatic heterocycles. The molecule has 0 saturated carbocycles. The minimum atomic E-state index is -0.340. The smallest absolute Gasteiger partial charge is 0.254 e. The van der Waals surface area contributed by atoms with Crippen LogP contribution in [0.15, 0.2) is 48.5 Å². The third-order valence-electron chi connectivity index (χ3n) is 4.43. The first kappa shape index (κ1) is 16.7. The minimum absolute atomic E-state index is 0.0769. The highest BCUT2D eigenvalue weighted by atomic mass is 32.1. The fourth-order valence-electron chi connectivity index (χ4n) is 3.02. The van der Waals surface area contributed by atoms with Gasteiger partial charge in [0.05, 0.1) is 19.3 Å². The highest BCUT2D eigenvalue weighted by molar-refractivity contribution is 7.15. The van der Waals surface area contributed by atoms with E-state index < -0.39 is 0 Å². The number of nitrogens with zero attached hydrogens (tertiary/aromatic N) is 2. The van der Waals surface area contributed by atoms with Crippen molar-refractivity contribution >= 4 is 17.2 Å². The van der Waals surface area contributed by atoms with Gasteiger partial charge in [0.25, 0.3) is 5.91 Å². The molecule has 0 saturated heterocycles. The first-order valence-electron chi connectivity index (χ1n) is 8.32. The molecule has 0 fully saturated rings. The number of halogens is 1. The Balaban J connectivity index is 1.56. The van der Waals surface area contributed by atoms with Gasteiger partial charge in [-0.3, -0.25) is 4.79 Å². The van der Waals surface area contributed by atoms with E-state index in [1.165, 1.54) is 24.3 Å². The van der Waals surface area contributed by atoms with E-state index >= 15 is 0 Å². The molecule has 4 rings (SSSR count). The quantitative estimate of drug-likeness (QED) is 0.697. The van der Waals surface area contributed by atoms with Crippen LogP contribution in [0.3, 0.4) is 0 Å². The molecule has 6 heteroatoms. The SMILES string of the molecule is COc1cccc(-c2nc3c(s2)CN(C(=O)c2ccc(F)cc2)CC3)c1. The molecule has 2 heterocycles. The average molecular weight is 368 g/mol. The molecular weight excluding hydrogens is 351 g/mol. The Kier molecular flexibility index (Phi) is 4.42. The lowest BCUT2D eigenvalue weighted by Crippen LogP contribution is -2.35. The lowest BCUT2D eigenvalue weighted by Gasteiger charge is -2.26. The zero-order valence-corrected chi connectivity index (χ0v) is 15.1. The zero-order chi connectivity index (χ0) is 18.1. The van der Waals surface area contributed by atoms with Crippen molar-refractivity contribution in [1.29, 1.82) is 0 Å². The summed E-state index contributed by atoms with van der Waals surface area (Å²) in [5.74, 6) is 0.378. The van der Waals surface area contributed by atoms with Gasteiger partial charge in [-0.05, 0) is 36.4 Å². The van der Waals surface area contributed by atoms with Gasteiger partial charge in [-0.2, -0.15) is 0 Å². The normalized spacial score (nSPS) is 13.4. The summed E-state index contributed by atoms with van der Waals surface area (Å²) in [6, 6.07) is 13.5. The van der Waals surface area contributed by atoms with Gasteiger partial charge in [-0.1, -0.05) is 12.1 Å². The number of amides is 1. The Bertz CT molecular complexity index is 953. The van der Waals surface area contributed by atoms with Gasteiger partial charge in [0, 0.05) is 29.0 Å². The van der Waals surface area contributed by atoms with E-state index in [4.69, 9.17) is 9.72 Å². The van der Waals surface area contributed by atoms with E-state index in [2.05, 4.69) is 0 Å². The maximum atomic E-state index is 13.1. The standard InChI is InChI=1S/C20H17FN2O2S/c1-25-16-4-2-3-14(11-16)19-22-17-9-10-23(12-18(17)26-19)20(24)13-5-7-15(21)8-6-13/h2-8,11H,9-10,12H2,1H3. The number of rotatable bonds is 3. The lowest BCUT2D eigenvalue weighted by molar-refractivity contribution is 0.0736. The van der Waals surface area contributed by atoms with Crippen LogP contribution in [0, 0.1) is 5.82 Å². The molecule has 0 atom stereocenters. The topological polar surface area (TPSA) is 42.4 Å². The number of fused-ring (bicyclic) bond motifs is 1. The molecule has 132 valence electrons. The summed E-state index contributed by atoms with van der Waals surface area (Å²) in [4.78, 5) is 20.3. The average Bonchev–Trinajstić information content (AvgIpc) is 3.11. The third-order valence-corrected chi connectivity index (χ3v) is 5.56. The van der Waals surface area contributed by atoms with Crippen LogP contribution in [0.1, 0.15) is 20.9 Å². The first-order valence-corrected chi connectivity index (χ1v) is 9.13. The lowest BCUT2D eigenvalue weighted by atomic mass is 10.1. The van der Waals surface area contributed by atoms with E-state index in [-0.39, 0.29) is 11.7 Å². The molecule has 0 N–H and O–H groups in total. The second-order valence-electron chi connectivity index (χ2n) is 6.10. The molecule has 2 aromatic carbocycles. The number of benzene rings is 2. The van der Waals surface area contributed by atoms with Crippen LogP contribution in [-0.4, -0.2) is 29.4 Å². The highest BCUT2D eigenvalue weighted by Crippen LogP contribution is 2.33. The van der Waals surface area contributed by atoms with E-state index in [0.717, 1.165) is 33.3 Å². The zero-order valence-electron chi connectivity index (χ0n) is 14.2. The van der Waals surface area contributed by atoms with E-state index in [9.17, 15) is 9.18 Å². The molecule has 1 aliphatic rings. The summed E-state index contributed by atoms with van der Waals surface area (Å²) in [6.07, 6.45) is 0.725. The number of methoxy groups -OCH3 is 1. The summed E-state index contributed by atoms with van der Waals surface area (Å²) in [7, 11) is 1.64. The fourth-order valence-corrected chi connectivity index (χ4v) is 4.14. The Hall–Kier alpha value is -2.73. The van der Waals surface area contributed by atoms with Crippen molar-refractivity contribution in [2.45, 2.75) is 13.0 Å². The Labute approximate surface area is 154 Å². The molecule has 0 bridgehead atoms. The summed E-state index contributed by atoms with van der Waals surface area (Å²) < 4.78 is 18.3. The fraction of sp³-hybridized carbons (Fsp3) is 0.200. The molecular formula is C20H17FN2O2S. The number of carbonyl (C=O) groups excluding carboxylic acids is 1. The second-order valence-corrected chi connectivity index (χ2v) is 7.19. The molecule has 26 heavy (non-hydrogen) atoms. The highest BCUT2D eigenvalue weighted by Gasteiger charge is 2.25. The van der Waals surface area contributed by atoms with Gasteiger partial charge in [0.15, 0.2) is 0 Å². The molecule has 4 nitrogen and oxygen atoms in total. The largest absolute Gasteiger partial charge is 0.497 e. The Morgan fingerprint density at radius 2 is 2.04 bits per heavy atom. The van der Waals surface area contributed by atoms with Crippen LogP contribution in [0.2, 0.25) is 0 Å². The number of hydrogen-bond acceptors (Lipinski definition) is 4. The second kappa shape index (κ2) is 6.88. The number of carbonyl (C=O) groups is 1. The summed E-state index contributed by atoms with van der Waals surface area (Å²) in [5, 5.41) is 0.935. The van der Waals surface area contributed by atoms with Crippen LogP contribution in [0.5, 0.6) is 5.75 Å². The number of aromatic nitrogens is 1.